The van der Waals surface area contributed by atoms with E-state index in [1.807, 2.05) is 11.3 Å². The maximum absolute atomic E-state index is 3.71. The zero-order valence-electron chi connectivity index (χ0n) is 12.9. The van der Waals surface area contributed by atoms with E-state index in [1.54, 1.807) is 0 Å². The predicted octanol–water partition coefficient (Wildman–Crippen LogP) is 5.36. The Morgan fingerprint density at radius 2 is 2.10 bits per heavy atom. The van der Waals surface area contributed by atoms with Crippen LogP contribution in [0.25, 0.3) is 0 Å². The number of benzene rings is 1. The molecule has 1 N–H and O–H groups in total. The lowest BCUT2D eigenvalue weighted by atomic mass is 9.99. The number of halogens is 1. The number of hydrogen-bond acceptors (Lipinski definition) is 2. The zero-order chi connectivity index (χ0) is 15.1. The van der Waals surface area contributed by atoms with Crippen molar-refractivity contribution in [3.63, 3.8) is 0 Å². The van der Waals surface area contributed by atoms with Crippen LogP contribution >= 0.6 is 27.3 Å². The lowest BCUT2D eigenvalue weighted by Gasteiger charge is -2.18. The third-order valence-corrected chi connectivity index (χ3v) is 5.50. The van der Waals surface area contributed by atoms with Gasteiger partial charge in [-0.05, 0) is 72.3 Å². The van der Waals surface area contributed by atoms with Gasteiger partial charge >= 0.3 is 0 Å². The number of rotatable bonds is 8. The lowest BCUT2D eigenvalue weighted by Crippen LogP contribution is -2.32. The van der Waals surface area contributed by atoms with Crippen LogP contribution in [0.3, 0.4) is 0 Å². The van der Waals surface area contributed by atoms with E-state index in [1.165, 1.54) is 33.3 Å². The molecule has 0 aliphatic heterocycles. The molecule has 21 heavy (non-hydrogen) atoms. The molecule has 1 atom stereocenters. The highest BCUT2D eigenvalue weighted by molar-refractivity contribution is 9.10. The molecule has 0 spiro atoms. The first kappa shape index (κ1) is 16.7. The van der Waals surface area contributed by atoms with Gasteiger partial charge in [0.05, 0.1) is 0 Å². The Kier molecular flexibility index (Phi) is 6.94. The Balaban J connectivity index is 1.94. The van der Waals surface area contributed by atoms with Crippen molar-refractivity contribution in [3.05, 3.63) is 56.2 Å². The Hall–Kier alpha value is -0.640. The monoisotopic (exact) mass is 365 g/mol. The molecule has 0 radical (unpaired) electrons. The van der Waals surface area contributed by atoms with Gasteiger partial charge in [0.2, 0.25) is 0 Å². The van der Waals surface area contributed by atoms with Crippen molar-refractivity contribution in [2.45, 2.75) is 45.6 Å². The quantitative estimate of drug-likeness (QED) is 0.663. The van der Waals surface area contributed by atoms with Crippen molar-refractivity contribution in [1.29, 1.82) is 0 Å². The first-order valence-electron chi connectivity index (χ1n) is 7.70. The van der Waals surface area contributed by atoms with Crippen molar-refractivity contribution < 1.29 is 0 Å². The van der Waals surface area contributed by atoms with Gasteiger partial charge < -0.3 is 5.32 Å². The van der Waals surface area contributed by atoms with Crippen LogP contribution in [0.4, 0.5) is 0 Å². The molecule has 1 aromatic carbocycles. The first-order valence-corrected chi connectivity index (χ1v) is 9.37. The average Bonchev–Trinajstić information content (AvgIpc) is 2.88. The van der Waals surface area contributed by atoms with Crippen LogP contribution in [0.2, 0.25) is 0 Å². The Bertz CT molecular complexity index is 550. The van der Waals surface area contributed by atoms with E-state index in [0.717, 1.165) is 19.4 Å². The molecule has 2 rings (SSSR count). The molecule has 1 heterocycles. The van der Waals surface area contributed by atoms with E-state index in [0.29, 0.717) is 6.04 Å². The van der Waals surface area contributed by atoms with E-state index < -0.39 is 0 Å². The fraction of sp³-hybridized carbons (Fsp3) is 0.444. The van der Waals surface area contributed by atoms with Gasteiger partial charge in [0.25, 0.3) is 0 Å². The van der Waals surface area contributed by atoms with Crippen LogP contribution in [-0.4, -0.2) is 12.6 Å². The summed E-state index contributed by atoms with van der Waals surface area (Å²) in [5.41, 5.74) is 2.89. The van der Waals surface area contributed by atoms with Crippen LogP contribution in [0.1, 0.15) is 35.8 Å². The smallest absolute Gasteiger partial charge is 0.0285 e. The molecule has 0 bridgehead atoms. The molecule has 1 unspecified atom stereocenters. The van der Waals surface area contributed by atoms with Crippen LogP contribution in [-0.2, 0) is 12.8 Å². The highest BCUT2D eigenvalue weighted by Gasteiger charge is 2.11. The maximum atomic E-state index is 3.71. The van der Waals surface area contributed by atoms with Gasteiger partial charge in [0, 0.05) is 20.8 Å². The van der Waals surface area contributed by atoms with E-state index in [4.69, 9.17) is 0 Å². The summed E-state index contributed by atoms with van der Waals surface area (Å²) in [6, 6.07) is 11.5. The number of nitrogens with one attached hydrogen (secondary N) is 1. The van der Waals surface area contributed by atoms with E-state index in [2.05, 4.69) is 70.8 Å². The molecule has 0 saturated carbocycles. The summed E-state index contributed by atoms with van der Waals surface area (Å²) >= 11 is 5.40. The Labute approximate surface area is 140 Å². The lowest BCUT2D eigenvalue weighted by molar-refractivity contribution is 0.479. The molecule has 3 heteroatoms. The van der Waals surface area contributed by atoms with Crippen molar-refractivity contribution in [2.75, 3.05) is 6.54 Å². The minimum atomic E-state index is 0.565. The van der Waals surface area contributed by atoms with Crippen molar-refractivity contribution >= 4 is 27.3 Å². The van der Waals surface area contributed by atoms with Crippen molar-refractivity contribution in [3.8, 4) is 0 Å². The topological polar surface area (TPSA) is 12.0 Å². The van der Waals surface area contributed by atoms with Crippen LogP contribution in [0, 0.1) is 6.92 Å². The summed E-state index contributed by atoms with van der Waals surface area (Å²) in [5, 5.41) is 5.88. The van der Waals surface area contributed by atoms with E-state index in [9.17, 15) is 0 Å². The van der Waals surface area contributed by atoms with Gasteiger partial charge in [-0.1, -0.05) is 31.2 Å². The fourth-order valence-electron chi connectivity index (χ4n) is 2.55. The molecule has 0 saturated heterocycles. The second-order valence-corrected chi connectivity index (χ2v) is 7.46. The second-order valence-electron chi connectivity index (χ2n) is 5.55. The third kappa shape index (κ3) is 5.57. The highest BCUT2D eigenvalue weighted by Crippen LogP contribution is 2.22. The standard InChI is InChI=1S/C18H24BrNS/c1-3-10-20-17(12-18-11-16(19)13-21-18)9-8-15-7-5-4-6-14(15)2/h4-7,11,13,17,20H,3,8-10,12H2,1-2H3. The van der Waals surface area contributed by atoms with Gasteiger partial charge in [-0.2, -0.15) is 0 Å². The van der Waals surface area contributed by atoms with Crippen LogP contribution < -0.4 is 5.32 Å². The Morgan fingerprint density at radius 1 is 1.29 bits per heavy atom. The molecule has 0 fully saturated rings. The number of hydrogen-bond donors (Lipinski definition) is 1. The molecular weight excluding hydrogens is 342 g/mol. The SMILES string of the molecule is CCCNC(CCc1ccccc1C)Cc1cc(Br)cs1. The predicted molar refractivity (Wildman–Crippen MR) is 97.3 cm³/mol. The molecule has 1 aromatic heterocycles. The van der Waals surface area contributed by atoms with Gasteiger partial charge in [0.1, 0.15) is 0 Å². The van der Waals surface area contributed by atoms with E-state index >= 15 is 0 Å². The maximum Gasteiger partial charge on any atom is 0.0285 e. The summed E-state index contributed by atoms with van der Waals surface area (Å²) in [5.74, 6) is 0. The summed E-state index contributed by atoms with van der Waals surface area (Å²) < 4.78 is 1.20. The minimum Gasteiger partial charge on any atom is -0.314 e. The molecule has 2 aromatic rings. The molecule has 1 nitrogen and oxygen atoms in total. The summed E-state index contributed by atoms with van der Waals surface area (Å²) in [6.45, 7) is 5.54. The summed E-state index contributed by atoms with van der Waals surface area (Å²) in [6.07, 6.45) is 4.66. The van der Waals surface area contributed by atoms with Crippen LogP contribution in [0.5, 0.6) is 0 Å². The summed E-state index contributed by atoms with van der Waals surface area (Å²) in [4.78, 5) is 1.46. The van der Waals surface area contributed by atoms with Crippen LogP contribution in [0.15, 0.2) is 40.2 Å². The summed E-state index contributed by atoms with van der Waals surface area (Å²) in [7, 11) is 0. The number of thiophene rings is 1. The first-order chi connectivity index (χ1) is 10.2. The second kappa shape index (κ2) is 8.72. The van der Waals surface area contributed by atoms with E-state index in [-0.39, 0.29) is 0 Å². The zero-order valence-corrected chi connectivity index (χ0v) is 15.3. The Morgan fingerprint density at radius 3 is 2.76 bits per heavy atom. The minimum absolute atomic E-state index is 0.565. The van der Waals surface area contributed by atoms with Crippen molar-refractivity contribution in [2.24, 2.45) is 0 Å². The largest absolute Gasteiger partial charge is 0.314 e. The molecule has 114 valence electrons. The fourth-order valence-corrected chi connectivity index (χ4v) is 4.08. The highest BCUT2D eigenvalue weighted by atomic mass is 79.9. The van der Waals surface area contributed by atoms with Gasteiger partial charge in [-0.25, -0.2) is 0 Å². The molecular formula is C18H24BrNS. The normalized spacial score (nSPS) is 12.5. The van der Waals surface area contributed by atoms with Gasteiger partial charge in [-0.3, -0.25) is 0 Å². The average molecular weight is 366 g/mol. The molecule has 0 amide bonds. The van der Waals surface area contributed by atoms with Gasteiger partial charge in [-0.15, -0.1) is 11.3 Å². The molecule has 0 aliphatic rings. The molecule has 0 aliphatic carbocycles. The van der Waals surface area contributed by atoms with Crippen molar-refractivity contribution in [1.82, 2.24) is 5.32 Å². The third-order valence-electron chi connectivity index (χ3n) is 3.78. The van der Waals surface area contributed by atoms with Gasteiger partial charge in [0.15, 0.2) is 0 Å². The number of aryl methyl sites for hydroxylation is 2.